The molecule has 3 aromatic rings. The Labute approximate surface area is 180 Å². The highest BCUT2D eigenvalue weighted by Gasteiger charge is 2.16. The number of hydrogen-bond acceptors (Lipinski definition) is 5. The summed E-state index contributed by atoms with van der Waals surface area (Å²) in [5.41, 5.74) is 6.51. The van der Waals surface area contributed by atoms with Crippen molar-refractivity contribution in [2.24, 2.45) is 10.7 Å². The van der Waals surface area contributed by atoms with E-state index in [9.17, 15) is 9.18 Å². The van der Waals surface area contributed by atoms with Crippen molar-refractivity contribution in [2.45, 2.75) is 19.9 Å². The highest BCUT2D eigenvalue weighted by molar-refractivity contribution is 7.10. The second-order valence-corrected chi connectivity index (χ2v) is 7.92. The predicted octanol–water partition coefficient (Wildman–Crippen LogP) is 5.53. The fraction of sp³-hybridized carbons (Fsp3) is 0.158. The van der Waals surface area contributed by atoms with Crippen molar-refractivity contribution in [1.29, 1.82) is 0 Å². The van der Waals surface area contributed by atoms with Gasteiger partial charge in [-0.15, -0.1) is 0 Å². The first-order chi connectivity index (χ1) is 13.7. The lowest BCUT2D eigenvalue weighted by Gasteiger charge is -2.12. The topological polar surface area (TPSA) is 92.5 Å². The largest absolute Gasteiger partial charge is 0.454 e. The third kappa shape index (κ3) is 5.09. The van der Waals surface area contributed by atoms with E-state index in [4.69, 9.17) is 33.7 Å². The van der Waals surface area contributed by atoms with Crippen molar-refractivity contribution in [3.05, 3.63) is 68.2 Å². The fourth-order valence-corrected chi connectivity index (χ4v) is 3.57. The Balaban J connectivity index is 1.85. The van der Waals surface area contributed by atoms with Crippen LogP contribution in [0.15, 0.2) is 46.2 Å². The molecule has 3 rings (SSSR count). The zero-order valence-electron chi connectivity index (χ0n) is 15.4. The van der Waals surface area contributed by atoms with Crippen LogP contribution in [0.2, 0.25) is 10.0 Å². The molecule has 0 fully saturated rings. The lowest BCUT2D eigenvalue weighted by molar-refractivity contribution is 0.477. The summed E-state index contributed by atoms with van der Waals surface area (Å²) >= 11 is 13.4. The van der Waals surface area contributed by atoms with Gasteiger partial charge in [0.05, 0.1) is 10.0 Å². The third-order valence-electron chi connectivity index (χ3n) is 3.66. The summed E-state index contributed by atoms with van der Waals surface area (Å²) in [4.78, 5) is 16.3. The normalized spacial score (nSPS) is 11.7. The van der Waals surface area contributed by atoms with E-state index in [1.807, 2.05) is 13.8 Å². The third-order valence-corrected chi connectivity index (χ3v) is 5.06. The van der Waals surface area contributed by atoms with Gasteiger partial charge in [-0.1, -0.05) is 23.2 Å². The zero-order chi connectivity index (χ0) is 21.1. The molecule has 0 radical (unpaired) electrons. The molecule has 29 heavy (non-hydrogen) atoms. The molecule has 0 aliphatic rings. The van der Waals surface area contributed by atoms with Crippen molar-refractivity contribution < 1.29 is 9.13 Å². The summed E-state index contributed by atoms with van der Waals surface area (Å²) in [6, 6.07) is 8.65. The van der Waals surface area contributed by atoms with Gasteiger partial charge in [0.15, 0.2) is 0 Å². The number of nitrogens with zero attached hydrogens (tertiary/aromatic N) is 1. The minimum atomic E-state index is -0.477. The summed E-state index contributed by atoms with van der Waals surface area (Å²) < 4.78 is 21.7. The summed E-state index contributed by atoms with van der Waals surface area (Å²) in [5, 5.41) is 4.13. The minimum Gasteiger partial charge on any atom is -0.454 e. The van der Waals surface area contributed by atoms with E-state index in [2.05, 4.69) is 14.7 Å². The highest BCUT2D eigenvalue weighted by atomic mass is 35.5. The number of nitrogens with two attached hydrogens (primary N) is 1. The molecule has 1 aromatic heterocycles. The van der Waals surface area contributed by atoms with Gasteiger partial charge in [0.1, 0.15) is 33.7 Å². The Morgan fingerprint density at radius 1 is 1.21 bits per heavy atom. The van der Waals surface area contributed by atoms with E-state index in [1.165, 1.54) is 18.2 Å². The number of aromatic amines is 1. The van der Waals surface area contributed by atoms with Gasteiger partial charge in [0.2, 0.25) is 0 Å². The molecule has 0 spiro atoms. The lowest BCUT2D eigenvalue weighted by atomic mass is 10.2. The maximum Gasteiger partial charge on any atom is 0.271 e. The first kappa shape index (κ1) is 21.2. The number of aliphatic imine (C=N–C) groups is 1. The minimum absolute atomic E-state index is 0.0531. The molecule has 0 aliphatic heterocycles. The number of aromatic nitrogens is 1. The number of nitrogens with one attached hydrogen (secondary N) is 2. The molecule has 152 valence electrons. The van der Waals surface area contributed by atoms with E-state index < -0.39 is 5.82 Å². The Hall–Kier alpha value is -2.55. The molecule has 6 nitrogen and oxygen atoms in total. The zero-order valence-corrected chi connectivity index (χ0v) is 17.8. The average Bonchev–Trinajstić information content (AvgIpc) is 3.00. The van der Waals surface area contributed by atoms with Crippen LogP contribution in [0.5, 0.6) is 11.5 Å². The van der Waals surface area contributed by atoms with E-state index in [1.54, 1.807) is 18.2 Å². The van der Waals surface area contributed by atoms with E-state index in [0.29, 0.717) is 16.4 Å². The van der Waals surface area contributed by atoms with Crippen LogP contribution in [0.1, 0.15) is 19.4 Å². The van der Waals surface area contributed by atoms with Crippen molar-refractivity contribution in [3.63, 3.8) is 0 Å². The fourth-order valence-electron chi connectivity index (χ4n) is 2.43. The number of benzene rings is 2. The number of ether oxygens (including phenoxy) is 1. The Morgan fingerprint density at radius 3 is 2.66 bits per heavy atom. The molecular weight excluding hydrogens is 438 g/mol. The molecular formula is C19H17Cl2FN4O2S. The second-order valence-electron chi connectivity index (χ2n) is 6.29. The van der Waals surface area contributed by atoms with Crippen LogP contribution in [0, 0.1) is 5.82 Å². The molecule has 0 atom stereocenters. The van der Waals surface area contributed by atoms with Crippen LogP contribution in [0.25, 0.3) is 0 Å². The smallest absolute Gasteiger partial charge is 0.271 e. The van der Waals surface area contributed by atoms with Gasteiger partial charge in [-0.3, -0.25) is 14.2 Å². The summed E-state index contributed by atoms with van der Waals surface area (Å²) in [7, 11) is 0. The number of amidine groups is 1. The van der Waals surface area contributed by atoms with Gasteiger partial charge in [0, 0.05) is 17.8 Å². The van der Waals surface area contributed by atoms with Crippen LogP contribution >= 0.6 is 34.7 Å². The van der Waals surface area contributed by atoms with Crippen LogP contribution in [0.3, 0.4) is 0 Å². The monoisotopic (exact) mass is 454 g/mol. The summed E-state index contributed by atoms with van der Waals surface area (Å²) in [5.74, 6) is 0.123. The highest BCUT2D eigenvalue weighted by Crippen LogP contribution is 2.36. The van der Waals surface area contributed by atoms with Gasteiger partial charge in [0.25, 0.3) is 5.56 Å². The molecule has 0 unspecified atom stereocenters. The molecule has 1 heterocycles. The van der Waals surface area contributed by atoms with E-state index >= 15 is 0 Å². The maximum absolute atomic E-state index is 13.4. The molecule has 10 heteroatoms. The van der Waals surface area contributed by atoms with Crippen LogP contribution in [0.4, 0.5) is 15.1 Å². The van der Waals surface area contributed by atoms with Gasteiger partial charge >= 0.3 is 0 Å². The van der Waals surface area contributed by atoms with Crippen LogP contribution in [-0.2, 0) is 0 Å². The van der Waals surface area contributed by atoms with Crippen molar-refractivity contribution in [2.75, 3.05) is 5.32 Å². The van der Waals surface area contributed by atoms with Gasteiger partial charge in [-0.05, 0) is 55.7 Å². The van der Waals surface area contributed by atoms with Crippen molar-refractivity contribution >= 4 is 51.3 Å². The average molecular weight is 455 g/mol. The molecule has 0 aliphatic carbocycles. The SMILES string of the molecule is CC(C)N=C(N)c1c(Nc2ccc(Oc3cc(F)ccc3Cl)c(Cl)c2)s[nH]c1=O. The standard InChI is InChI=1S/C19H17Cl2FN4O2S/c1-9(2)24-17(23)16-18(27)26-29-19(16)25-11-4-6-14(13(21)8-11)28-15-7-10(22)3-5-12(15)20/h3-9,25H,1-2H3,(H2,23,24)(H,26,27). The first-order valence-electron chi connectivity index (χ1n) is 8.49. The number of anilines is 2. The van der Waals surface area contributed by atoms with Gasteiger partial charge in [-0.25, -0.2) is 4.39 Å². The molecule has 0 bridgehead atoms. The van der Waals surface area contributed by atoms with Crippen molar-refractivity contribution in [1.82, 2.24) is 4.37 Å². The van der Waals surface area contributed by atoms with Gasteiger partial charge < -0.3 is 15.8 Å². The molecule has 0 saturated carbocycles. The Morgan fingerprint density at radius 2 is 1.97 bits per heavy atom. The van der Waals surface area contributed by atoms with Crippen LogP contribution in [-0.4, -0.2) is 16.3 Å². The molecule has 2 aromatic carbocycles. The quantitative estimate of drug-likeness (QED) is 0.337. The number of H-pyrrole nitrogens is 1. The second kappa shape index (κ2) is 8.86. The molecule has 4 N–H and O–H groups in total. The number of rotatable bonds is 6. The van der Waals surface area contributed by atoms with E-state index in [-0.39, 0.29) is 38.8 Å². The predicted molar refractivity (Wildman–Crippen MR) is 117 cm³/mol. The molecule has 0 saturated heterocycles. The Kier molecular flexibility index (Phi) is 6.46. The summed E-state index contributed by atoms with van der Waals surface area (Å²) in [6.45, 7) is 3.73. The Bertz CT molecular complexity index is 1130. The lowest BCUT2D eigenvalue weighted by Crippen LogP contribution is -2.23. The van der Waals surface area contributed by atoms with E-state index in [0.717, 1.165) is 11.5 Å². The number of halogens is 3. The van der Waals surface area contributed by atoms with Crippen LogP contribution < -0.4 is 21.3 Å². The first-order valence-corrected chi connectivity index (χ1v) is 10.1. The summed E-state index contributed by atoms with van der Waals surface area (Å²) in [6.07, 6.45) is 0. The molecule has 0 amide bonds. The number of hydrogen-bond donors (Lipinski definition) is 3. The van der Waals surface area contributed by atoms with Gasteiger partial charge in [-0.2, -0.15) is 0 Å². The van der Waals surface area contributed by atoms with Crippen molar-refractivity contribution in [3.8, 4) is 11.5 Å². The maximum atomic E-state index is 13.4.